The number of carbonyl (C=O) groups excluding carboxylic acids is 2. The number of likely N-dealkylation sites (tertiary alicyclic amines) is 1. The molecule has 1 atom stereocenters. The first-order valence-corrected chi connectivity index (χ1v) is 7.36. The highest BCUT2D eigenvalue weighted by Gasteiger charge is 2.38. The van der Waals surface area contributed by atoms with E-state index in [-0.39, 0.29) is 12.0 Å². The fraction of sp³-hybridized carbons (Fsp3) is 0.562. The second kappa shape index (κ2) is 6.34. The fourth-order valence-corrected chi connectivity index (χ4v) is 2.49. The van der Waals surface area contributed by atoms with Gasteiger partial charge in [0.05, 0.1) is 6.54 Å². The third-order valence-corrected chi connectivity index (χ3v) is 3.52. The molecule has 1 unspecified atom stereocenters. The zero-order valence-electron chi connectivity index (χ0n) is 13.5. The average Bonchev–Trinajstić information content (AvgIpc) is 2.87. The number of carbonyl (C=O) groups is 2. The van der Waals surface area contributed by atoms with Crippen LogP contribution < -0.4 is 4.74 Å². The van der Waals surface area contributed by atoms with E-state index in [2.05, 4.69) is 4.98 Å². The van der Waals surface area contributed by atoms with Crippen molar-refractivity contribution in [1.82, 2.24) is 9.88 Å². The Morgan fingerprint density at radius 2 is 2.09 bits per heavy atom. The lowest BCUT2D eigenvalue weighted by Gasteiger charge is -2.28. The summed E-state index contributed by atoms with van der Waals surface area (Å²) in [5.41, 5.74) is -0.0817. The fourth-order valence-electron chi connectivity index (χ4n) is 2.49. The topological polar surface area (TPSA) is 68.7 Å². The van der Waals surface area contributed by atoms with Gasteiger partial charge in [0.1, 0.15) is 6.10 Å². The van der Waals surface area contributed by atoms with Gasteiger partial charge < -0.3 is 14.4 Å². The Balaban J connectivity index is 1.93. The number of nitrogens with zero attached hydrogens (tertiary/aromatic N) is 2. The van der Waals surface area contributed by atoms with Crippen molar-refractivity contribution in [2.75, 3.05) is 13.1 Å². The first-order chi connectivity index (χ1) is 10.3. The molecule has 0 radical (unpaired) electrons. The number of ether oxygens (including phenoxy) is 2. The van der Waals surface area contributed by atoms with Crippen LogP contribution in [0.5, 0.6) is 5.88 Å². The quantitative estimate of drug-likeness (QED) is 0.792. The molecule has 1 fully saturated rings. The van der Waals surface area contributed by atoms with E-state index < -0.39 is 11.6 Å². The van der Waals surface area contributed by atoms with Gasteiger partial charge in [-0.05, 0) is 26.3 Å². The molecule has 2 rings (SSSR count). The van der Waals surface area contributed by atoms with E-state index in [0.717, 1.165) is 12.0 Å². The van der Waals surface area contributed by atoms with Crippen molar-refractivity contribution in [1.29, 1.82) is 0 Å². The van der Waals surface area contributed by atoms with Crippen molar-refractivity contribution in [3.63, 3.8) is 0 Å². The van der Waals surface area contributed by atoms with Gasteiger partial charge in [-0.15, -0.1) is 0 Å². The molecule has 120 valence electrons. The van der Waals surface area contributed by atoms with Gasteiger partial charge in [0.15, 0.2) is 5.60 Å². The van der Waals surface area contributed by atoms with Gasteiger partial charge in [0.2, 0.25) is 5.88 Å². The first kappa shape index (κ1) is 16.3. The lowest BCUT2D eigenvalue weighted by molar-refractivity contribution is -0.168. The molecular weight excluding hydrogens is 284 g/mol. The molecule has 0 N–H and O–H groups in total. The van der Waals surface area contributed by atoms with E-state index >= 15 is 0 Å². The van der Waals surface area contributed by atoms with Gasteiger partial charge >= 0.3 is 5.97 Å². The maximum atomic E-state index is 12.4. The smallest absolute Gasteiger partial charge is 0.303 e. The van der Waals surface area contributed by atoms with E-state index in [1.54, 1.807) is 24.9 Å². The van der Waals surface area contributed by atoms with E-state index in [1.165, 1.54) is 6.92 Å². The SMILES string of the molecule is CC(=O)OC(C)(C)C(=O)N1CCC(Oc2ccc(C)cn2)C1. The van der Waals surface area contributed by atoms with Gasteiger partial charge in [-0.2, -0.15) is 0 Å². The number of amides is 1. The highest BCUT2D eigenvalue weighted by molar-refractivity contribution is 5.87. The van der Waals surface area contributed by atoms with Crippen molar-refractivity contribution < 1.29 is 19.1 Å². The molecule has 6 heteroatoms. The van der Waals surface area contributed by atoms with Gasteiger partial charge in [-0.3, -0.25) is 9.59 Å². The van der Waals surface area contributed by atoms with Crippen LogP contribution in [0.4, 0.5) is 0 Å². The van der Waals surface area contributed by atoms with Gasteiger partial charge in [-0.1, -0.05) is 6.07 Å². The molecule has 1 aromatic rings. The molecule has 0 aliphatic carbocycles. The predicted octanol–water partition coefficient (Wildman–Crippen LogP) is 1.71. The summed E-state index contributed by atoms with van der Waals surface area (Å²) in [6.07, 6.45) is 2.39. The van der Waals surface area contributed by atoms with Crippen LogP contribution in [-0.2, 0) is 14.3 Å². The maximum Gasteiger partial charge on any atom is 0.303 e. The number of rotatable bonds is 4. The Morgan fingerprint density at radius 3 is 2.68 bits per heavy atom. The molecule has 1 saturated heterocycles. The minimum Gasteiger partial charge on any atom is -0.472 e. The Labute approximate surface area is 130 Å². The largest absolute Gasteiger partial charge is 0.472 e. The third kappa shape index (κ3) is 3.96. The molecule has 22 heavy (non-hydrogen) atoms. The minimum absolute atomic E-state index is 0.0905. The van der Waals surface area contributed by atoms with Crippen molar-refractivity contribution in [3.8, 4) is 5.88 Å². The van der Waals surface area contributed by atoms with Crippen molar-refractivity contribution in [2.24, 2.45) is 0 Å². The van der Waals surface area contributed by atoms with Crippen LogP contribution in [0.15, 0.2) is 18.3 Å². The summed E-state index contributed by atoms with van der Waals surface area (Å²) in [7, 11) is 0. The first-order valence-electron chi connectivity index (χ1n) is 7.36. The van der Waals surface area contributed by atoms with Crippen molar-refractivity contribution in [3.05, 3.63) is 23.9 Å². The Kier molecular flexibility index (Phi) is 4.68. The molecule has 0 saturated carbocycles. The molecule has 1 aliphatic heterocycles. The number of hydrogen-bond donors (Lipinski definition) is 0. The molecule has 1 aliphatic rings. The molecule has 2 heterocycles. The maximum absolute atomic E-state index is 12.4. The molecule has 1 aromatic heterocycles. The standard InChI is InChI=1S/C16H22N2O4/c1-11-5-6-14(17-9-11)21-13-7-8-18(10-13)15(20)16(3,4)22-12(2)19/h5-6,9,13H,7-8,10H2,1-4H3. The Morgan fingerprint density at radius 1 is 1.36 bits per heavy atom. The van der Waals surface area contributed by atoms with Crippen LogP contribution in [0.1, 0.15) is 32.8 Å². The van der Waals surface area contributed by atoms with Crippen molar-refractivity contribution >= 4 is 11.9 Å². The normalized spacial score (nSPS) is 18.2. The Bertz CT molecular complexity index is 554. The predicted molar refractivity (Wildman–Crippen MR) is 80.4 cm³/mol. The highest BCUT2D eigenvalue weighted by atomic mass is 16.6. The van der Waals surface area contributed by atoms with Crippen LogP contribution in [0.25, 0.3) is 0 Å². The van der Waals surface area contributed by atoms with E-state index in [4.69, 9.17) is 9.47 Å². The van der Waals surface area contributed by atoms with E-state index in [0.29, 0.717) is 19.0 Å². The molecule has 6 nitrogen and oxygen atoms in total. The number of esters is 1. The summed E-state index contributed by atoms with van der Waals surface area (Å²) < 4.78 is 10.9. The molecule has 0 aromatic carbocycles. The molecule has 1 amide bonds. The average molecular weight is 306 g/mol. The summed E-state index contributed by atoms with van der Waals surface area (Å²) in [4.78, 5) is 29.4. The van der Waals surface area contributed by atoms with E-state index in [9.17, 15) is 9.59 Å². The summed E-state index contributed by atoms with van der Waals surface area (Å²) in [5.74, 6) is -0.107. The number of aryl methyl sites for hydroxylation is 1. The number of hydrogen-bond acceptors (Lipinski definition) is 5. The van der Waals surface area contributed by atoms with Gasteiger partial charge in [0.25, 0.3) is 5.91 Å². The number of pyridine rings is 1. The third-order valence-electron chi connectivity index (χ3n) is 3.52. The Hall–Kier alpha value is -2.11. The van der Waals surface area contributed by atoms with Crippen LogP contribution in [0, 0.1) is 6.92 Å². The molecule has 0 spiro atoms. The summed E-state index contributed by atoms with van der Waals surface area (Å²) in [6, 6.07) is 3.76. The van der Waals surface area contributed by atoms with E-state index in [1.807, 2.05) is 19.1 Å². The zero-order valence-corrected chi connectivity index (χ0v) is 13.5. The number of aromatic nitrogens is 1. The van der Waals surface area contributed by atoms with Crippen LogP contribution in [-0.4, -0.2) is 46.6 Å². The lowest BCUT2D eigenvalue weighted by Crippen LogP contribution is -2.47. The monoisotopic (exact) mass is 306 g/mol. The molecule has 0 bridgehead atoms. The van der Waals surface area contributed by atoms with Gasteiger partial charge in [-0.25, -0.2) is 4.98 Å². The zero-order chi connectivity index (χ0) is 16.3. The van der Waals surface area contributed by atoms with Crippen LogP contribution in [0.3, 0.4) is 0 Å². The summed E-state index contributed by atoms with van der Waals surface area (Å²) in [5, 5.41) is 0. The molecular formula is C16H22N2O4. The van der Waals surface area contributed by atoms with Crippen LogP contribution in [0.2, 0.25) is 0 Å². The van der Waals surface area contributed by atoms with Crippen molar-refractivity contribution in [2.45, 2.75) is 45.8 Å². The second-order valence-electron chi connectivity index (χ2n) is 6.06. The lowest BCUT2D eigenvalue weighted by atomic mass is 10.1. The highest BCUT2D eigenvalue weighted by Crippen LogP contribution is 2.21. The summed E-state index contributed by atoms with van der Waals surface area (Å²) in [6.45, 7) is 7.52. The minimum atomic E-state index is -1.15. The summed E-state index contributed by atoms with van der Waals surface area (Å²) >= 11 is 0. The van der Waals surface area contributed by atoms with Crippen LogP contribution >= 0.6 is 0 Å². The second-order valence-corrected chi connectivity index (χ2v) is 6.06. The van der Waals surface area contributed by atoms with Gasteiger partial charge in [0, 0.05) is 32.2 Å².